The first-order chi connectivity index (χ1) is 19.7. The molecule has 0 atom stereocenters. The van der Waals surface area contributed by atoms with E-state index in [0.29, 0.717) is 16.8 Å². The van der Waals surface area contributed by atoms with E-state index in [9.17, 15) is 22.8 Å². The maximum atomic E-state index is 13.3. The van der Waals surface area contributed by atoms with E-state index in [1.54, 1.807) is 6.07 Å². The fraction of sp³-hybridized carbons (Fsp3) is 0.321. The lowest BCUT2D eigenvalue weighted by molar-refractivity contribution is -0.117. The van der Waals surface area contributed by atoms with Crippen LogP contribution in [-0.2, 0) is 21.2 Å². The lowest BCUT2D eigenvalue weighted by atomic mass is 9.97. The van der Waals surface area contributed by atoms with Gasteiger partial charge in [-0.1, -0.05) is 18.0 Å². The minimum absolute atomic E-state index is 0.0807. The van der Waals surface area contributed by atoms with Crippen LogP contribution in [0.25, 0.3) is 0 Å². The van der Waals surface area contributed by atoms with Gasteiger partial charge in [-0.3, -0.25) is 9.59 Å². The second-order valence-corrected chi connectivity index (χ2v) is 13.6. The first-order valence-corrected chi connectivity index (χ1v) is 16.0. The highest BCUT2D eigenvalue weighted by molar-refractivity contribution is 7.92. The van der Waals surface area contributed by atoms with Crippen LogP contribution in [0, 0.1) is 0 Å². The Balaban J connectivity index is 1.17. The van der Waals surface area contributed by atoms with Crippen LogP contribution in [-0.4, -0.2) is 57.3 Å². The van der Waals surface area contributed by atoms with Crippen molar-refractivity contribution >= 4 is 67.9 Å². The zero-order valence-corrected chi connectivity index (χ0v) is 24.6. The maximum absolute atomic E-state index is 13.3. The smallest absolute Gasteiger partial charge is 0.333 e. The number of benzene rings is 2. The Morgan fingerprint density at radius 3 is 2.39 bits per heavy atom. The molecule has 3 aromatic rings. The number of hydrogen-bond acceptors (Lipinski definition) is 8. The Labute approximate surface area is 247 Å². The van der Waals surface area contributed by atoms with Crippen LogP contribution in [0.5, 0.6) is 0 Å². The average molecular weight is 616 g/mol. The number of likely N-dealkylation sites (tertiary alicyclic amines) is 1. The molecule has 1 aromatic heterocycles. The van der Waals surface area contributed by atoms with Crippen LogP contribution in [0.15, 0.2) is 58.8 Å². The molecule has 0 aliphatic carbocycles. The molecule has 4 amide bonds. The van der Waals surface area contributed by atoms with Gasteiger partial charge in [0.25, 0.3) is 15.9 Å². The highest BCUT2D eigenvalue weighted by atomic mass is 35.5. The number of urea groups is 1. The highest BCUT2D eigenvalue weighted by Crippen LogP contribution is 2.29. The third-order valence-electron chi connectivity index (χ3n) is 6.98. The Bertz CT molecular complexity index is 1550. The van der Waals surface area contributed by atoms with Crippen LogP contribution >= 0.6 is 22.9 Å². The molecule has 1 saturated heterocycles. The minimum atomic E-state index is -4.07. The average Bonchev–Trinajstić information content (AvgIpc) is 3.39. The number of thiophene rings is 1. The quantitative estimate of drug-likeness (QED) is 0.230. The summed E-state index contributed by atoms with van der Waals surface area (Å²) < 4.78 is 26.7. The van der Waals surface area contributed by atoms with E-state index in [-0.39, 0.29) is 26.6 Å². The summed E-state index contributed by atoms with van der Waals surface area (Å²) in [6, 6.07) is 13.2. The molecule has 5 rings (SSSR count). The molecule has 1 fully saturated rings. The van der Waals surface area contributed by atoms with Gasteiger partial charge in [0.15, 0.2) is 0 Å². The van der Waals surface area contributed by atoms with Gasteiger partial charge in [0.2, 0.25) is 5.91 Å². The van der Waals surface area contributed by atoms with Gasteiger partial charge in [0.05, 0.1) is 16.4 Å². The summed E-state index contributed by atoms with van der Waals surface area (Å²) in [5.74, 6) is -0.782. The molecule has 0 spiro atoms. The molecule has 3 heterocycles. The van der Waals surface area contributed by atoms with Crippen molar-refractivity contribution in [3.63, 3.8) is 0 Å². The minimum Gasteiger partial charge on any atom is -0.385 e. The Kier molecular flexibility index (Phi) is 8.93. The van der Waals surface area contributed by atoms with Crippen molar-refractivity contribution in [2.75, 3.05) is 41.7 Å². The first-order valence-electron chi connectivity index (χ1n) is 13.4. The number of carbonyl (C=O) groups excluding carboxylic acids is 3. The van der Waals surface area contributed by atoms with Gasteiger partial charge < -0.3 is 15.5 Å². The normalized spacial score (nSPS) is 15.9. The summed E-state index contributed by atoms with van der Waals surface area (Å²) in [7, 11) is -4.07. The van der Waals surface area contributed by atoms with Gasteiger partial charge >= 0.3 is 6.03 Å². The van der Waals surface area contributed by atoms with E-state index < -0.39 is 22.0 Å². The highest BCUT2D eigenvalue weighted by Gasteiger charge is 2.32. The molecule has 3 N–H and O–H groups in total. The van der Waals surface area contributed by atoms with E-state index in [0.717, 1.165) is 41.4 Å². The lowest BCUT2D eigenvalue weighted by Crippen LogP contribution is -2.42. The van der Waals surface area contributed by atoms with E-state index in [4.69, 9.17) is 11.6 Å². The van der Waals surface area contributed by atoms with Crippen LogP contribution in [0.2, 0.25) is 4.34 Å². The zero-order valence-electron chi connectivity index (χ0n) is 22.2. The number of carbonyl (C=O) groups is 3. The van der Waals surface area contributed by atoms with Crippen LogP contribution in [0.1, 0.15) is 41.6 Å². The molecule has 41 heavy (non-hydrogen) atoms. The zero-order chi connectivity index (χ0) is 29.0. The molecular formula is C28H30ClN5O5S2. The van der Waals surface area contributed by atoms with Gasteiger partial charge in [-0.2, -0.15) is 0 Å². The number of imide groups is 1. The lowest BCUT2D eigenvalue weighted by Gasteiger charge is -2.27. The Morgan fingerprint density at radius 1 is 0.951 bits per heavy atom. The van der Waals surface area contributed by atoms with Gasteiger partial charge in [-0.05, 0) is 99.1 Å². The molecular weight excluding hydrogens is 586 g/mol. The summed E-state index contributed by atoms with van der Waals surface area (Å²) in [4.78, 5) is 42.1. The van der Waals surface area contributed by atoms with Gasteiger partial charge in [0.1, 0.15) is 4.21 Å². The number of nitrogens with zero attached hydrogens (tertiary/aromatic N) is 2. The number of nitrogens with one attached hydrogen (secondary N) is 3. The standard InChI is InChI=1S/C28H30ClN5O5S2/c29-24-11-12-26(40-24)41(38,39)32-28(37)31-20-5-8-22(9-6-20)34-25(35)18-19-17-21(7-10-23(19)27(34)36)30-13-4-16-33-14-2-1-3-15-33/h5-12,17,30H,1-4,13-16,18H2,(H2,31,32,37). The molecule has 10 nitrogen and oxygen atoms in total. The summed E-state index contributed by atoms with van der Waals surface area (Å²) in [6.45, 7) is 4.22. The molecule has 0 saturated carbocycles. The van der Waals surface area contributed by atoms with Crippen molar-refractivity contribution in [1.29, 1.82) is 0 Å². The van der Waals surface area contributed by atoms with E-state index in [2.05, 4.69) is 15.5 Å². The number of hydrogen-bond donors (Lipinski definition) is 3. The molecule has 0 bridgehead atoms. The Hall–Kier alpha value is -3.45. The SMILES string of the molecule is O=C(Nc1ccc(N2C(=O)Cc3cc(NCCCN4CCCCC4)ccc3C2=O)cc1)NS(=O)(=O)c1ccc(Cl)s1. The number of halogens is 1. The van der Waals surface area contributed by atoms with Crippen molar-refractivity contribution in [3.05, 3.63) is 70.1 Å². The van der Waals surface area contributed by atoms with E-state index >= 15 is 0 Å². The molecule has 2 aromatic carbocycles. The predicted molar refractivity (Wildman–Crippen MR) is 160 cm³/mol. The van der Waals surface area contributed by atoms with Crippen LogP contribution in [0.4, 0.5) is 21.9 Å². The summed E-state index contributed by atoms with van der Waals surface area (Å²) in [5, 5.41) is 5.84. The topological polar surface area (TPSA) is 128 Å². The van der Waals surface area contributed by atoms with Crippen molar-refractivity contribution in [3.8, 4) is 0 Å². The maximum Gasteiger partial charge on any atom is 0.333 e. The van der Waals surface area contributed by atoms with Crippen molar-refractivity contribution in [2.45, 2.75) is 36.3 Å². The number of piperidine rings is 1. The first kappa shape index (κ1) is 29.1. The molecule has 0 radical (unpaired) electrons. The fourth-order valence-electron chi connectivity index (χ4n) is 4.98. The predicted octanol–water partition coefficient (Wildman–Crippen LogP) is 4.93. The summed E-state index contributed by atoms with van der Waals surface area (Å²) >= 11 is 6.61. The molecule has 216 valence electrons. The van der Waals surface area contributed by atoms with Crippen molar-refractivity contribution in [1.82, 2.24) is 9.62 Å². The summed E-state index contributed by atoms with van der Waals surface area (Å²) in [6.07, 6.45) is 4.97. The molecule has 2 aliphatic rings. The third-order valence-corrected chi connectivity index (χ3v) is 10.0. The third kappa shape index (κ3) is 7.07. The number of sulfonamides is 1. The second-order valence-electron chi connectivity index (χ2n) is 9.93. The molecule has 13 heteroatoms. The molecule has 0 unspecified atom stereocenters. The van der Waals surface area contributed by atoms with Crippen molar-refractivity contribution in [2.24, 2.45) is 0 Å². The largest absolute Gasteiger partial charge is 0.385 e. The van der Waals surface area contributed by atoms with Crippen molar-refractivity contribution < 1.29 is 22.8 Å². The summed E-state index contributed by atoms with van der Waals surface area (Å²) in [5.41, 5.74) is 2.65. The number of fused-ring (bicyclic) bond motifs is 1. The van der Waals surface area contributed by atoms with Gasteiger partial charge in [0, 0.05) is 23.5 Å². The van der Waals surface area contributed by atoms with E-state index in [1.165, 1.54) is 68.8 Å². The van der Waals surface area contributed by atoms with E-state index in [1.807, 2.05) is 16.9 Å². The number of anilines is 3. The monoisotopic (exact) mass is 615 g/mol. The van der Waals surface area contributed by atoms with Crippen LogP contribution < -0.4 is 20.3 Å². The second kappa shape index (κ2) is 12.6. The van der Waals surface area contributed by atoms with Gasteiger partial charge in [-0.25, -0.2) is 22.8 Å². The van der Waals surface area contributed by atoms with Crippen LogP contribution in [0.3, 0.4) is 0 Å². The Morgan fingerprint density at radius 2 is 1.68 bits per heavy atom. The van der Waals surface area contributed by atoms with Gasteiger partial charge in [-0.15, -0.1) is 11.3 Å². The fourth-order valence-corrected chi connectivity index (χ4v) is 7.37. The number of amides is 4. The molecule has 2 aliphatic heterocycles. The number of rotatable bonds is 9.